The van der Waals surface area contributed by atoms with Gasteiger partial charge in [-0.25, -0.2) is 0 Å². The Kier molecular flexibility index (Phi) is 3.68. The quantitative estimate of drug-likeness (QED) is 0.747. The van der Waals surface area contributed by atoms with Crippen LogP contribution < -0.4 is 0 Å². The van der Waals surface area contributed by atoms with Gasteiger partial charge in [-0.05, 0) is 36.8 Å². The van der Waals surface area contributed by atoms with Crippen LogP contribution >= 0.6 is 0 Å². The third-order valence-electron chi connectivity index (χ3n) is 3.79. The molecule has 2 unspecified atom stereocenters. The van der Waals surface area contributed by atoms with Gasteiger partial charge in [0.05, 0.1) is 18.1 Å². The van der Waals surface area contributed by atoms with Crippen molar-refractivity contribution in [1.29, 1.82) is 0 Å². The molecule has 0 saturated carbocycles. The smallest absolute Gasteiger partial charge is 0.314 e. The molecule has 3 N–H and O–H groups in total. The molecular weight excluding hydrogens is 232 g/mol. The number of benzene rings is 1. The molecule has 4 nitrogen and oxygen atoms in total. The first-order chi connectivity index (χ1) is 8.60. The molecule has 0 amide bonds. The van der Waals surface area contributed by atoms with Crippen LogP contribution in [0.25, 0.3) is 0 Å². The summed E-state index contributed by atoms with van der Waals surface area (Å²) in [5, 5.41) is 28.2. The van der Waals surface area contributed by atoms with Crippen molar-refractivity contribution in [2.45, 2.75) is 37.2 Å². The van der Waals surface area contributed by atoms with Gasteiger partial charge < -0.3 is 15.3 Å². The third kappa shape index (κ3) is 2.13. The molecule has 1 aliphatic carbocycles. The van der Waals surface area contributed by atoms with E-state index in [1.165, 1.54) is 0 Å². The van der Waals surface area contributed by atoms with Crippen LogP contribution in [0, 0.1) is 0 Å². The van der Waals surface area contributed by atoms with Crippen LogP contribution in [0.3, 0.4) is 0 Å². The summed E-state index contributed by atoms with van der Waals surface area (Å²) >= 11 is 0. The fourth-order valence-electron chi connectivity index (χ4n) is 2.91. The largest absolute Gasteiger partial charge is 0.481 e. The van der Waals surface area contributed by atoms with Crippen molar-refractivity contribution in [3.8, 4) is 0 Å². The predicted molar refractivity (Wildman–Crippen MR) is 66.4 cm³/mol. The Morgan fingerprint density at radius 2 is 2.11 bits per heavy atom. The molecule has 98 valence electrons. The summed E-state index contributed by atoms with van der Waals surface area (Å²) in [7, 11) is 0. The van der Waals surface area contributed by atoms with E-state index in [4.69, 9.17) is 5.11 Å². The number of carbonyl (C=O) groups is 1. The van der Waals surface area contributed by atoms with Gasteiger partial charge in [0, 0.05) is 0 Å². The second-order valence-corrected chi connectivity index (χ2v) is 4.94. The first-order valence-corrected chi connectivity index (χ1v) is 6.21. The molecule has 0 bridgehead atoms. The maximum absolute atomic E-state index is 11.7. The van der Waals surface area contributed by atoms with Crippen LogP contribution in [0.1, 0.15) is 30.4 Å². The van der Waals surface area contributed by atoms with Crippen LogP contribution in [0.15, 0.2) is 24.3 Å². The summed E-state index contributed by atoms with van der Waals surface area (Å²) in [6.07, 6.45) is 1.25. The van der Waals surface area contributed by atoms with Gasteiger partial charge in [0.2, 0.25) is 0 Å². The monoisotopic (exact) mass is 250 g/mol. The van der Waals surface area contributed by atoms with Gasteiger partial charge in [0.25, 0.3) is 0 Å². The standard InChI is InChI=1S/C14H18O4/c15-9-11(16)8-14(13(17)18)7-3-5-10-4-1-2-6-12(10)14/h1-2,4,6,11,15-16H,3,5,7-9H2,(H,17,18). The Hall–Kier alpha value is -1.39. The van der Waals surface area contributed by atoms with E-state index in [0.29, 0.717) is 6.42 Å². The van der Waals surface area contributed by atoms with Crippen LogP contribution in [-0.4, -0.2) is 34.0 Å². The SMILES string of the molecule is O=C(O)C1(CC(O)CO)CCCc2ccccc21. The van der Waals surface area contributed by atoms with Crippen LogP contribution in [0.2, 0.25) is 0 Å². The van der Waals surface area contributed by atoms with Crippen molar-refractivity contribution in [2.75, 3.05) is 6.61 Å². The highest BCUT2D eigenvalue weighted by Gasteiger charge is 2.44. The summed E-state index contributed by atoms with van der Waals surface area (Å²) in [5.74, 6) is -0.915. The molecule has 0 radical (unpaired) electrons. The van der Waals surface area contributed by atoms with Gasteiger partial charge in [0.15, 0.2) is 0 Å². The fraction of sp³-hybridized carbons (Fsp3) is 0.500. The Bertz CT molecular complexity index is 443. The first kappa shape index (κ1) is 13.1. The Morgan fingerprint density at radius 1 is 1.39 bits per heavy atom. The Morgan fingerprint density at radius 3 is 2.78 bits per heavy atom. The number of aliphatic hydroxyl groups is 2. The second kappa shape index (κ2) is 5.08. The summed E-state index contributed by atoms with van der Waals surface area (Å²) in [5.41, 5.74) is 0.768. The van der Waals surface area contributed by atoms with Crippen LogP contribution in [0.4, 0.5) is 0 Å². The molecule has 0 aromatic heterocycles. The Balaban J connectivity index is 2.46. The molecule has 4 heteroatoms. The minimum Gasteiger partial charge on any atom is -0.481 e. The molecule has 0 aliphatic heterocycles. The van der Waals surface area contributed by atoms with Crippen molar-refractivity contribution >= 4 is 5.97 Å². The highest BCUT2D eigenvalue weighted by atomic mass is 16.4. The second-order valence-electron chi connectivity index (χ2n) is 4.94. The zero-order valence-electron chi connectivity index (χ0n) is 10.2. The van der Waals surface area contributed by atoms with E-state index < -0.39 is 24.1 Å². The molecule has 0 heterocycles. The number of rotatable bonds is 4. The number of hydrogen-bond acceptors (Lipinski definition) is 3. The highest BCUT2D eigenvalue weighted by Crippen LogP contribution is 2.41. The van der Waals surface area contributed by atoms with Gasteiger partial charge in [-0.15, -0.1) is 0 Å². The highest BCUT2D eigenvalue weighted by molar-refractivity contribution is 5.82. The molecule has 1 aliphatic rings. The zero-order chi connectivity index (χ0) is 13.2. The summed E-state index contributed by atoms with van der Waals surface area (Å²) in [6, 6.07) is 7.50. The molecule has 0 fully saturated rings. The van der Waals surface area contributed by atoms with E-state index in [2.05, 4.69) is 0 Å². The van der Waals surface area contributed by atoms with Crippen molar-refractivity contribution in [2.24, 2.45) is 0 Å². The average molecular weight is 250 g/mol. The minimum atomic E-state index is -1.06. The maximum atomic E-state index is 11.7. The third-order valence-corrected chi connectivity index (χ3v) is 3.79. The van der Waals surface area contributed by atoms with Gasteiger partial charge in [-0.1, -0.05) is 24.3 Å². The van der Waals surface area contributed by atoms with E-state index in [1.807, 2.05) is 24.3 Å². The Labute approximate surface area is 106 Å². The molecule has 2 rings (SSSR count). The summed E-state index contributed by atoms with van der Waals surface area (Å²) in [4.78, 5) is 11.7. The van der Waals surface area contributed by atoms with Crippen LogP contribution in [0.5, 0.6) is 0 Å². The average Bonchev–Trinajstić information content (AvgIpc) is 2.38. The number of carboxylic acid groups (broad SMARTS) is 1. The lowest BCUT2D eigenvalue weighted by molar-refractivity contribution is -0.146. The van der Waals surface area contributed by atoms with Crippen molar-refractivity contribution < 1.29 is 20.1 Å². The zero-order valence-corrected chi connectivity index (χ0v) is 10.2. The lowest BCUT2D eigenvalue weighted by Gasteiger charge is -2.36. The van der Waals surface area contributed by atoms with Crippen molar-refractivity contribution in [3.63, 3.8) is 0 Å². The van der Waals surface area contributed by atoms with Gasteiger partial charge in [-0.3, -0.25) is 4.79 Å². The minimum absolute atomic E-state index is 0.0653. The lowest BCUT2D eigenvalue weighted by atomic mass is 9.67. The van der Waals surface area contributed by atoms with E-state index in [9.17, 15) is 15.0 Å². The van der Waals surface area contributed by atoms with Gasteiger partial charge in [0.1, 0.15) is 0 Å². The number of fused-ring (bicyclic) bond motifs is 1. The number of aliphatic carboxylic acids is 1. The van der Waals surface area contributed by atoms with Gasteiger partial charge in [-0.2, -0.15) is 0 Å². The first-order valence-electron chi connectivity index (χ1n) is 6.21. The number of hydrogen-bond donors (Lipinski definition) is 3. The molecule has 2 atom stereocenters. The van der Waals surface area contributed by atoms with E-state index in [0.717, 1.165) is 24.0 Å². The van der Waals surface area contributed by atoms with E-state index in [-0.39, 0.29) is 6.42 Å². The topological polar surface area (TPSA) is 77.8 Å². The summed E-state index contributed by atoms with van der Waals surface area (Å²) in [6.45, 7) is -0.406. The van der Waals surface area contributed by atoms with E-state index >= 15 is 0 Å². The molecule has 1 aromatic carbocycles. The number of aryl methyl sites for hydroxylation is 1. The van der Waals surface area contributed by atoms with Gasteiger partial charge >= 0.3 is 5.97 Å². The van der Waals surface area contributed by atoms with Crippen LogP contribution in [-0.2, 0) is 16.6 Å². The summed E-state index contributed by atoms with van der Waals surface area (Å²) < 4.78 is 0. The maximum Gasteiger partial charge on any atom is 0.314 e. The number of carboxylic acids is 1. The normalized spacial score (nSPS) is 24.3. The molecule has 18 heavy (non-hydrogen) atoms. The molecule has 0 spiro atoms. The molecule has 0 saturated heterocycles. The predicted octanol–water partition coefficient (Wildman–Crippen LogP) is 1.09. The van der Waals surface area contributed by atoms with Crippen molar-refractivity contribution in [1.82, 2.24) is 0 Å². The lowest BCUT2D eigenvalue weighted by Crippen LogP contribution is -2.42. The number of aliphatic hydroxyl groups excluding tert-OH is 2. The van der Waals surface area contributed by atoms with Crippen molar-refractivity contribution in [3.05, 3.63) is 35.4 Å². The fourth-order valence-corrected chi connectivity index (χ4v) is 2.91. The van der Waals surface area contributed by atoms with E-state index in [1.54, 1.807) is 0 Å². The molecular formula is C14H18O4. The molecule has 1 aromatic rings.